The summed E-state index contributed by atoms with van der Waals surface area (Å²) in [5.74, 6) is 2.54. The molecular weight excluding hydrogens is 212 g/mol. The summed E-state index contributed by atoms with van der Waals surface area (Å²) < 4.78 is 5.77. The summed E-state index contributed by atoms with van der Waals surface area (Å²) in [5.41, 5.74) is 1.36. The molecule has 1 aromatic rings. The highest BCUT2D eigenvalue weighted by Crippen LogP contribution is 2.49. The molecule has 3 atom stereocenters. The molecule has 1 saturated heterocycles. The number of hydrogen-bond acceptors (Lipinski definition) is 3. The molecule has 3 rings (SSSR count). The van der Waals surface area contributed by atoms with Gasteiger partial charge in [0.1, 0.15) is 12.4 Å². The van der Waals surface area contributed by atoms with Gasteiger partial charge in [-0.3, -0.25) is 4.98 Å². The molecular formula is C14H20N2O. The fourth-order valence-electron chi connectivity index (χ4n) is 2.51. The molecule has 2 fully saturated rings. The lowest BCUT2D eigenvalue weighted by atomic mass is 10.1. The molecule has 1 aliphatic heterocycles. The summed E-state index contributed by atoms with van der Waals surface area (Å²) in [7, 11) is 0. The van der Waals surface area contributed by atoms with E-state index in [0.29, 0.717) is 6.04 Å². The van der Waals surface area contributed by atoms with Gasteiger partial charge in [0, 0.05) is 12.2 Å². The van der Waals surface area contributed by atoms with Gasteiger partial charge in [-0.15, -0.1) is 0 Å². The maximum atomic E-state index is 5.77. The van der Waals surface area contributed by atoms with Gasteiger partial charge in [-0.25, -0.2) is 0 Å². The largest absolute Gasteiger partial charge is 0.490 e. The van der Waals surface area contributed by atoms with E-state index in [1.165, 1.54) is 24.8 Å². The molecule has 1 aliphatic carbocycles. The van der Waals surface area contributed by atoms with Crippen LogP contribution in [0.2, 0.25) is 0 Å². The lowest BCUT2D eigenvalue weighted by Crippen LogP contribution is -2.46. The van der Waals surface area contributed by atoms with Crippen LogP contribution in [0, 0.1) is 5.92 Å². The van der Waals surface area contributed by atoms with Gasteiger partial charge in [0.2, 0.25) is 0 Å². The maximum absolute atomic E-state index is 5.77. The zero-order chi connectivity index (χ0) is 11.7. The zero-order valence-corrected chi connectivity index (χ0v) is 10.4. The molecule has 0 spiro atoms. The Morgan fingerprint density at radius 2 is 2.35 bits per heavy atom. The Kier molecular flexibility index (Phi) is 3.02. The van der Waals surface area contributed by atoms with E-state index in [0.717, 1.165) is 30.7 Å². The van der Waals surface area contributed by atoms with Crippen LogP contribution in [0.15, 0.2) is 18.5 Å². The zero-order valence-electron chi connectivity index (χ0n) is 10.4. The Morgan fingerprint density at radius 3 is 3.00 bits per heavy atom. The van der Waals surface area contributed by atoms with Crippen molar-refractivity contribution in [1.29, 1.82) is 0 Å². The van der Waals surface area contributed by atoms with Crippen molar-refractivity contribution in [3.8, 4) is 5.75 Å². The fraction of sp³-hybridized carbons (Fsp3) is 0.643. The number of nitrogens with zero attached hydrogens (tertiary/aromatic N) is 1. The molecule has 0 unspecified atom stereocenters. The molecule has 0 aromatic carbocycles. The number of hydrogen-bond donors (Lipinski definition) is 1. The Balaban J connectivity index is 1.58. The maximum Gasteiger partial charge on any atom is 0.137 e. The van der Waals surface area contributed by atoms with E-state index < -0.39 is 0 Å². The first-order valence-electron chi connectivity index (χ1n) is 6.68. The second kappa shape index (κ2) is 4.65. The standard InChI is InChI=1S/C14H20N2O/c1-2-10-6-14(10)11-5-13(8-15-7-11)17-9-12-3-4-16-12/h5,7-8,10,12,14,16H,2-4,6,9H2,1H3/t10-,12+,14+/m1/s1. The van der Waals surface area contributed by atoms with Crippen molar-refractivity contribution in [2.75, 3.05) is 13.2 Å². The van der Waals surface area contributed by atoms with Gasteiger partial charge in [-0.05, 0) is 42.9 Å². The van der Waals surface area contributed by atoms with Crippen molar-refractivity contribution >= 4 is 0 Å². The molecule has 1 saturated carbocycles. The third kappa shape index (κ3) is 2.44. The second-order valence-corrected chi connectivity index (χ2v) is 5.22. The number of aromatic nitrogens is 1. The molecule has 92 valence electrons. The van der Waals surface area contributed by atoms with Crippen LogP contribution in [0.4, 0.5) is 0 Å². The minimum absolute atomic E-state index is 0.544. The van der Waals surface area contributed by atoms with E-state index >= 15 is 0 Å². The van der Waals surface area contributed by atoms with Crippen LogP contribution in [-0.2, 0) is 0 Å². The van der Waals surface area contributed by atoms with Crippen LogP contribution in [0.3, 0.4) is 0 Å². The molecule has 0 bridgehead atoms. The van der Waals surface area contributed by atoms with Gasteiger partial charge in [-0.1, -0.05) is 13.3 Å². The Labute approximate surface area is 103 Å². The monoisotopic (exact) mass is 232 g/mol. The summed E-state index contributed by atoms with van der Waals surface area (Å²) in [6.45, 7) is 4.17. The third-order valence-corrected chi connectivity index (χ3v) is 3.99. The molecule has 17 heavy (non-hydrogen) atoms. The first-order chi connectivity index (χ1) is 8.36. The lowest BCUT2D eigenvalue weighted by Gasteiger charge is -2.27. The lowest BCUT2D eigenvalue weighted by molar-refractivity contribution is 0.217. The quantitative estimate of drug-likeness (QED) is 0.846. The van der Waals surface area contributed by atoms with Crippen LogP contribution in [0.5, 0.6) is 5.75 Å². The number of rotatable bonds is 5. The second-order valence-electron chi connectivity index (χ2n) is 5.22. The first kappa shape index (κ1) is 11.0. The predicted molar refractivity (Wildman–Crippen MR) is 67.3 cm³/mol. The van der Waals surface area contributed by atoms with Crippen molar-refractivity contribution in [3.05, 3.63) is 24.0 Å². The van der Waals surface area contributed by atoms with Crippen LogP contribution in [0.25, 0.3) is 0 Å². The van der Waals surface area contributed by atoms with Crippen LogP contribution >= 0.6 is 0 Å². The van der Waals surface area contributed by atoms with E-state index in [9.17, 15) is 0 Å². The van der Waals surface area contributed by atoms with Gasteiger partial charge < -0.3 is 10.1 Å². The molecule has 3 nitrogen and oxygen atoms in total. The number of nitrogens with one attached hydrogen (secondary N) is 1. The minimum Gasteiger partial charge on any atom is -0.490 e. The predicted octanol–water partition coefficient (Wildman–Crippen LogP) is 2.34. The van der Waals surface area contributed by atoms with Crippen molar-refractivity contribution in [2.45, 2.75) is 38.1 Å². The van der Waals surface area contributed by atoms with E-state index in [1.807, 2.05) is 12.4 Å². The van der Waals surface area contributed by atoms with E-state index in [4.69, 9.17) is 4.74 Å². The highest BCUT2D eigenvalue weighted by molar-refractivity contribution is 5.30. The molecule has 0 amide bonds. The van der Waals surface area contributed by atoms with Crippen molar-refractivity contribution in [3.63, 3.8) is 0 Å². The summed E-state index contributed by atoms with van der Waals surface area (Å²) >= 11 is 0. The average molecular weight is 232 g/mol. The first-order valence-corrected chi connectivity index (χ1v) is 6.68. The molecule has 1 N–H and O–H groups in total. The molecule has 2 heterocycles. The van der Waals surface area contributed by atoms with Gasteiger partial charge in [0.25, 0.3) is 0 Å². The van der Waals surface area contributed by atoms with Crippen LogP contribution < -0.4 is 10.1 Å². The highest BCUT2D eigenvalue weighted by atomic mass is 16.5. The summed E-state index contributed by atoms with van der Waals surface area (Å²) in [6.07, 6.45) is 7.65. The number of ether oxygens (including phenoxy) is 1. The summed E-state index contributed by atoms with van der Waals surface area (Å²) in [5, 5.41) is 3.34. The average Bonchev–Trinajstić information content (AvgIpc) is 3.07. The van der Waals surface area contributed by atoms with Crippen molar-refractivity contribution in [2.24, 2.45) is 5.92 Å². The Hall–Kier alpha value is -1.09. The minimum atomic E-state index is 0.544. The van der Waals surface area contributed by atoms with E-state index in [1.54, 1.807) is 0 Å². The normalized spacial score (nSPS) is 30.8. The van der Waals surface area contributed by atoms with E-state index in [2.05, 4.69) is 23.3 Å². The number of pyridine rings is 1. The Morgan fingerprint density at radius 1 is 1.47 bits per heavy atom. The third-order valence-electron chi connectivity index (χ3n) is 3.99. The van der Waals surface area contributed by atoms with Gasteiger partial charge in [0.05, 0.1) is 6.20 Å². The molecule has 2 aliphatic rings. The topological polar surface area (TPSA) is 34.1 Å². The SMILES string of the molecule is CC[C@@H]1C[C@@H]1c1cncc(OC[C@@H]2CCN2)c1. The van der Waals surface area contributed by atoms with Crippen LogP contribution in [0.1, 0.15) is 37.7 Å². The molecule has 0 radical (unpaired) electrons. The van der Waals surface area contributed by atoms with E-state index in [-0.39, 0.29) is 0 Å². The highest BCUT2D eigenvalue weighted by Gasteiger charge is 2.36. The van der Waals surface area contributed by atoms with Gasteiger partial charge >= 0.3 is 0 Å². The van der Waals surface area contributed by atoms with Gasteiger partial charge in [-0.2, -0.15) is 0 Å². The van der Waals surface area contributed by atoms with Crippen LogP contribution in [-0.4, -0.2) is 24.2 Å². The summed E-state index contributed by atoms with van der Waals surface area (Å²) in [4.78, 5) is 4.29. The fourth-order valence-corrected chi connectivity index (χ4v) is 2.51. The van der Waals surface area contributed by atoms with Crippen molar-refractivity contribution < 1.29 is 4.74 Å². The van der Waals surface area contributed by atoms with Crippen molar-refractivity contribution in [1.82, 2.24) is 10.3 Å². The Bertz CT molecular complexity index is 390. The summed E-state index contributed by atoms with van der Waals surface area (Å²) in [6, 6.07) is 2.72. The molecule has 3 heteroatoms. The smallest absolute Gasteiger partial charge is 0.137 e. The molecule has 1 aromatic heterocycles. The van der Waals surface area contributed by atoms with Gasteiger partial charge in [0.15, 0.2) is 0 Å².